The molecular formula is C12H18N. The molecule has 0 aliphatic carbocycles. The Kier molecular flexibility index (Phi) is 4.37. The van der Waals surface area contributed by atoms with Gasteiger partial charge in [-0.2, -0.15) is 0 Å². The van der Waals surface area contributed by atoms with E-state index < -0.39 is 0 Å². The lowest BCUT2D eigenvalue weighted by atomic mass is 10.1. The van der Waals surface area contributed by atoms with Gasteiger partial charge in [0.25, 0.3) is 0 Å². The van der Waals surface area contributed by atoms with Gasteiger partial charge in [-0.3, -0.25) is 0 Å². The summed E-state index contributed by atoms with van der Waals surface area (Å²) in [5.41, 5.74) is 1.22. The van der Waals surface area contributed by atoms with Gasteiger partial charge in [0, 0.05) is 12.2 Å². The van der Waals surface area contributed by atoms with Gasteiger partial charge in [-0.1, -0.05) is 32.0 Å². The topological polar surface area (TPSA) is 12.0 Å². The zero-order valence-electron chi connectivity index (χ0n) is 8.51. The van der Waals surface area contributed by atoms with Crippen molar-refractivity contribution in [3.05, 3.63) is 36.2 Å². The molecule has 0 spiro atoms. The lowest BCUT2D eigenvalue weighted by Gasteiger charge is -2.06. The van der Waals surface area contributed by atoms with E-state index in [0.717, 1.165) is 6.54 Å². The Hall–Kier alpha value is -0.980. The standard InChI is InChI=1S/C12H18N/c1-11(2)7-6-10-13-12-8-4-3-5-9-12/h3-5,8-9,13H,6-7,10H2,1-2H3. The van der Waals surface area contributed by atoms with Gasteiger partial charge in [-0.15, -0.1) is 0 Å². The van der Waals surface area contributed by atoms with Crippen molar-refractivity contribution in [3.63, 3.8) is 0 Å². The first-order valence-electron chi connectivity index (χ1n) is 4.87. The maximum atomic E-state index is 3.39. The Balaban J connectivity index is 2.13. The van der Waals surface area contributed by atoms with Gasteiger partial charge in [0.2, 0.25) is 0 Å². The second-order valence-electron chi connectivity index (χ2n) is 3.60. The van der Waals surface area contributed by atoms with Gasteiger partial charge in [-0.05, 0) is 30.9 Å². The Morgan fingerprint density at radius 1 is 1.15 bits per heavy atom. The smallest absolute Gasteiger partial charge is 0.0340 e. The minimum atomic E-state index is 1.06. The summed E-state index contributed by atoms with van der Waals surface area (Å²) in [5.74, 6) is 1.51. The molecule has 1 aromatic rings. The summed E-state index contributed by atoms with van der Waals surface area (Å²) in [6.07, 6.45) is 2.44. The van der Waals surface area contributed by atoms with Crippen LogP contribution in [0.2, 0.25) is 0 Å². The highest BCUT2D eigenvalue weighted by atomic mass is 14.9. The van der Waals surface area contributed by atoms with E-state index in [1.54, 1.807) is 0 Å². The molecule has 1 aromatic carbocycles. The summed E-state index contributed by atoms with van der Waals surface area (Å²) in [5, 5.41) is 3.39. The van der Waals surface area contributed by atoms with Crippen molar-refractivity contribution in [1.82, 2.24) is 0 Å². The molecule has 13 heavy (non-hydrogen) atoms. The molecule has 0 aliphatic rings. The van der Waals surface area contributed by atoms with E-state index in [9.17, 15) is 0 Å². The Morgan fingerprint density at radius 3 is 2.46 bits per heavy atom. The summed E-state index contributed by atoms with van der Waals surface area (Å²) in [7, 11) is 0. The van der Waals surface area contributed by atoms with Gasteiger partial charge < -0.3 is 5.32 Å². The molecule has 1 heteroatoms. The normalized spacial score (nSPS) is 10.4. The molecule has 1 radical (unpaired) electrons. The van der Waals surface area contributed by atoms with E-state index in [1.807, 2.05) is 6.07 Å². The first-order valence-corrected chi connectivity index (χ1v) is 4.87. The van der Waals surface area contributed by atoms with E-state index in [0.29, 0.717) is 0 Å². The summed E-state index contributed by atoms with van der Waals surface area (Å²) >= 11 is 0. The largest absolute Gasteiger partial charge is 0.385 e. The van der Waals surface area contributed by atoms with Crippen LogP contribution in [0.3, 0.4) is 0 Å². The summed E-state index contributed by atoms with van der Waals surface area (Å²) in [6, 6.07) is 10.3. The highest BCUT2D eigenvalue weighted by Gasteiger charge is 1.93. The number of anilines is 1. The molecule has 0 atom stereocenters. The molecule has 1 nitrogen and oxygen atoms in total. The molecule has 0 saturated heterocycles. The highest BCUT2D eigenvalue weighted by molar-refractivity contribution is 5.42. The van der Waals surface area contributed by atoms with Crippen LogP contribution in [0.4, 0.5) is 5.69 Å². The fourth-order valence-corrected chi connectivity index (χ4v) is 1.23. The van der Waals surface area contributed by atoms with Crippen LogP contribution in [0, 0.1) is 5.92 Å². The van der Waals surface area contributed by atoms with Crippen molar-refractivity contribution in [3.8, 4) is 0 Å². The molecule has 0 aliphatic heterocycles. The number of hydrogen-bond donors (Lipinski definition) is 1. The Bertz CT molecular complexity index is 216. The Morgan fingerprint density at radius 2 is 1.85 bits per heavy atom. The van der Waals surface area contributed by atoms with E-state index in [2.05, 4.69) is 43.4 Å². The van der Waals surface area contributed by atoms with Gasteiger partial charge >= 0.3 is 0 Å². The van der Waals surface area contributed by atoms with Crippen molar-refractivity contribution in [2.24, 2.45) is 0 Å². The summed E-state index contributed by atoms with van der Waals surface area (Å²) in [4.78, 5) is 0. The Labute approximate surface area is 81.2 Å². The van der Waals surface area contributed by atoms with Crippen LogP contribution in [0.5, 0.6) is 0 Å². The second-order valence-corrected chi connectivity index (χ2v) is 3.60. The molecule has 0 heterocycles. The molecule has 0 bridgehead atoms. The van der Waals surface area contributed by atoms with Crippen molar-refractivity contribution in [2.75, 3.05) is 11.9 Å². The van der Waals surface area contributed by atoms with Crippen LogP contribution in [0.15, 0.2) is 30.3 Å². The molecule has 0 saturated carbocycles. The minimum Gasteiger partial charge on any atom is -0.385 e. The average molecular weight is 176 g/mol. The van der Waals surface area contributed by atoms with Crippen molar-refractivity contribution in [2.45, 2.75) is 26.7 Å². The van der Waals surface area contributed by atoms with Gasteiger partial charge in [0.1, 0.15) is 0 Å². The van der Waals surface area contributed by atoms with E-state index in [4.69, 9.17) is 0 Å². The second kappa shape index (κ2) is 5.63. The zero-order chi connectivity index (χ0) is 9.52. The molecule has 1 rings (SSSR count). The van der Waals surface area contributed by atoms with Crippen LogP contribution >= 0.6 is 0 Å². The van der Waals surface area contributed by atoms with Crippen LogP contribution < -0.4 is 5.32 Å². The lowest BCUT2D eigenvalue weighted by molar-refractivity contribution is 0.775. The average Bonchev–Trinajstić information content (AvgIpc) is 2.14. The number of rotatable bonds is 5. The minimum absolute atomic E-state index is 1.06. The third kappa shape index (κ3) is 4.56. The maximum absolute atomic E-state index is 3.39. The molecule has 0 fully saturated rings. The molecule has 1 N–H and O–H groups in total. The van der Waals surface area contributed by atoms with E-state index in [-0.39, 0.29) is 0 Å². The number of benzene rings is 1. The van der Waals surface area contributed by atoms with Gasteiger partial charge in [0.15, 0.2) is 0 Å². The van der Waals surface area contributed by atoms with Crippen LogP contribution in [0.1, 0.15) is 26.7 Å². The van der Waals surface area contributed by atoms with Crippen LogP contribution in [-0.2, 0) is 0 Å². The number of para-hydroxylation sites is 1. The van der Waals surface area contributed by atoms with Crippen LogP contribution in [0.25, 0.3) is 0 Å². The number of hydrogen-bond acceptors (Lipinski definition) is 1. The third-order valence-electron chi connectivity index (χ3n) is 1.96. The first-order chi connectivity index (χ1) is 6.29. The summed E-state index contributed by atoms with van der Waals surface area (Å²) < 4.78 is 0. The molecule has 0 unspecified atom stereocenters. The predicted molar refractivity (Wildman–Crippen MR) is 58.8 cm³/mol. The van der Waals surface area contributed by atoms with Crippen molar-refractivity contribution in [1.29, 1.82) is 0 Å². The zero-order valence-corrected chi connectivity index (χ0v) is 8.51. The van der Waals surface area contributed by atoms with Crippen LogP contribution in [-0.4, -0.2) is 6.54 Å². The predicted octanol–water partition coefficient (Wildman–Crippen LogP) is 3.49. The van der Waals surface area contributed by atoms with E-state index in [1.165, 1.54) is 24.4 Å². The monoisotopic (exact) mass is 176 g/mol. The quantitative estimate of drug-likeness (QED) is 0.677. The molecule has 71 valence electrons. The molecule has 0 aromatic heterocycles. The molecular weight excluding hydrogens is 158 g/mol. The van der Waals surface area contributed by atoms with Crippen molar-refractivity contribution < 1.29 is 0 Å². The van der Waals surface area contributed by atoms with Crippen molar-refractivity contribution >= 4 is 5.69 Å². The lowest BCUT2D eigenvalue weighted by Crippen LogP contribution is -2.01. The fraction of sp³-hybridized carbons (Fsp3) is 0.417. The first kappa shape index (κ1) is 10.1. The number of nitrogens with one attached hydrogen (secondary N) is 1. The van der Waals surface area contributed by atoms with Gasteiger partial charge in [-0.25, -0.2) is 0 Å². The summed E-state index contributed by atoms with van der Waals surface area (Å²) in [6.45, 7) is 5.43. The third-order valence-corrected chi connectivity index (χ3v) is 1.96. The highest BCUT2D eigenvalue weighted by Crippen LogP contribution is 2.08. The molecule has 0 amide bonds. The van der Waals surface area contributed by atoms with Gasteiger partial charge in [0.05, 0.1) is 0 Å². The van der Waals surface area contributed by atoms with E-state index >= 15 is 0 Å². The SMILES string of the molecule is C[C](C)CCCNc1ccccc1. The maximum Gasteiger partial charge on any atom is 0.0340 e. The fourth-order valence-electron chi connectivity index (χ4n) is 1.23.